The molecule has 4 rings (SSSR count). The molecule has 1 aromatic carbocycles. The maximum absolute atomic E-state index is 5.29. The van der Waals surface area contributed by atoms with Crippen molar-refractivity contribution in [2.24, 2.45) is 0 Å². The van der Waals surface area contributed by atoms with Crippen LogP contribution in [-0.4, -0.2) is 84.1 Å². The van der Waals surface area contributed by atoms with Gasteiger partial charge in [-0.25, -0.2) is 4.98 Å². The van der Waals surface area contributed by atoms with Gasteiger partial charge in [0, 0.05) is 45.3 Å². The van der Waals surface area contributed by atoms with E-state index in [1.165, 1.54) is 52.1 Å². The van der Waals surface area contributed by atoms with Crippen LogP contribution >= 0.6 is 0 Å². The van der Waals surface area contributed by atoms with Crippen molar-refractivity contribution in [2.45, 2.75) is 19.4 Å². The molecule has 0 bridgehead atoms. The molecule has 2 aromatic rings. The SMILES string of the molecule is COc1ccc2nc(CN3CCN(CCN4CCCC4)CC3)[nH]c2c1. The third-order valence-corrected chi connectivity index (χ3v) is 5.51. The summed E-state index contributed by atoms with van der Waals surface area (Å²) < 4.78 is 5.29. The molecule has 6 nitrogen and oxygen atoms in total. The summed E-state index contributed by atoms with van der Waals surface area (Å²) in [6, 6.07) is 6.00. The summed E-state index contributed by atoms with van der Waals surface area (Å²) in [7, 11) is 1.70. The van der Waals surface area contributed by atoms with Crippen LogP contribution in [0.3, 0.4) is 0 Å². The molecule has 0 amide bonds. The van der Waals surface area contributed by atoms with Crippen LogP contribution in [0.25, 0.3) is 11.0 Å². The summed E-state index contributed by atoms with van der Waals surface area (Å²) in [6.07, 6.45) is 2.77. The Morgan fingerprint density at radius 3 is 2.36 bits per heavy atom. The van der Waals surface area contributed by atoms with Gasteiger partial charge in [0.2, 0.25) is 0 Å². The number of rotatable bonds is 6. The van der Waals surface area contributed by atoms with Crippen LogP contribution in [-0.2, 0) is 6.54 Å². The molecule has 0 aliphatic carbocycles. The lowest BCUT2D eigenvalue weighted by molar-refractivity contribution is 0.116. The molecular weight excluding hydrogens is 314 g/mol. The molecule has 6 heteroatoms. The van der Waals surface area contributed by atoms with E-state index in [1.54, 1.807) is 7.11 Å². The number of imidazole rings is 1. The fourth-order valence-electron chi connectivity index (χ4n) is 3.92. The Balaban J connectivity index is 1.26. The molecule has 25 heavy (non-hydrogen) atoms. The molecule has 0 spiro atoms. The number of aromatic nitrogens is 2. The van der Waals surface area contributed by atoms with Gasteiger partial charge in [0.1, 0.15) is 11.6 Å². The Morgan fingerprint density at radius 2 is 1.64 bits per heavy atom. The van der Waals surface area contributed by atoms with Gasteiger partial charge in [-0.05, 0) is 38.1 Å². The van der Waals surface area contributed by atoms with Gasteiger partial charge >= 0.3 is 0 Å². The number of ether oxygens (including phenoxy) is 1. The Morgan fingerprint density at radius 1 is 0.960 bits per heavy atom. The zero-order valence-electron chi connectivity index (χ0n) is 15.2. The first kappa shape index (κ1) is 16.8. The third-order valence-electron chi connectivity index (χ3n) is 5.51. The highest BCUT2D eigenvalue weighted by Gasteiger charge is 2.19. The molecule has 0 saturated carbocycles. The molecule has 0 radical (unpaired) electrons. The van der Waals surface area contributed by atoms with Crippen molar-refractivity contribution >= 4 is 11.0 Å². The minimum absolute atomic E-state index is 0.870. The Bertz CT molecular complexity index is 686. The lowest BCUT2D eigenvalue weighted by Gasteiger charge is -2.35. The van der Waals surface area contributed by atoms with Gasteiger partial charge in [0.25, 0.3) is 0 Å². The standard InChI is InChI=1S/C19H29N5O/c1-25-16-4-5-17-18(14-16)21-19(20-17)15-24-12-10-23(11-13-24)9-8-22-6-2-3-7-22/h4-5,14H,2-3,6-13,15H2,1H3,(H,20,21). The highest BCUT2D eigenvalue weighted by molar-refractivity contribution is 5.76. The van der Waals surface area contributed by atoms with Crippen molar-refractivity contribution < 1.29 is 4.74 Å². The van der Waals surface area contributed by atoms with Crippen LogP contribution in [0.15, 0.2) is 18.2 Å². The molecule has 2 saturated heterocycles. The summed E-state index contributed by atoms with van der Waals surface area (Å²) in [5.74, 6) is 1.92. The zero-order chi connectivity index (χ0) is 17.1. The molecule has 3 heterocycles. The smallest absolute Gasteiger partial charge is 0.121 e. The van der Waals surface area contributed by atoms with Crippen molar-refractivity contribution in [1.82, 2.24) is 24.7 Å². The van der Waals surface area contributed by atoms with Gasteiger partial charge in [-0.15, -0.1) is 0 Å². The number of nitrogens with zero attached hydrogens (tertiary/aromatic N) is 4. The van der Waals surface area contributed by atoms with Crippen molar-refractivity contribution in [3.63, 3.8) is 0 Å². The minimum atomic E-state index is 0.870. The maximum atomic E-state index is 5.29. The van der Waals surface area contributed by atoms with E-state index in [0.717, 1.165) is 42.2 Å². The Hall–Kier alpha value is -1.63. The maximum Gasteiger partial charge on any atom is 0.121 e. The van der Waals surface area contributed by atoms with Crippen molar-refractivity contribution in [3.8, 4) is 5.75 Å². The number of fused-ring (bicyclic) bond motifs is 1. The first-order valence-electron chi connectivity index (χ1n) is 9.50. The van der Waals surface area contributed by atoms with Crippen LogP contribution < -0.4 is 4.74 Å². The topological polar surface area (TPSA) is 47.6 Å². The van der Waals surface area contributed by atoms with E-state index in [4.69, 9.17) is 9.72 Å². The van der Waals surface area contributed by atoms with E-state index in [0.29, 0.717) is 0 Å². The number of benzene rings is 1. The second-order valence-electron chi connectivity index (χ2n) is 7.23. The van der Waals surface area contributed by atoms with Crippen LogP contribution in [0.2, 0.25) is 0 Å². The largest absolute Gasteiger partial charge is 0.497 e. The number of methoxy groups -OCH3 is 1. The molecule has 136 valence electrons. The highest BCUT2D eigenvalue weighted by Crippen LogP contribution is 2.19. The molecule has 2 aliphatic heterocycles. The van der Waals surface area contributed by atoms with E-state index >= 15 is 0 Å². The second kappa shape index (κ2) is 7.72. The van der Waals surface area contributed by atoms with Crippen molar-refractivity contribution in [2.75, 3.05) is 59.5 Å². The lowest BCUT2D eigenvalue weighted by atomic mass is 10.3. The van der Waals surface area contributed by atoms with E-state index in [1.807, 2.05) is 18.2 Å². The molecule has 2 aliphatic rings. The number of nitrogens with one attached hydrogen (secondary N) is 1. The normalized spacial score (nSPS) is 20.5. The van der Waals surface area contributed by atoms with Crippen LogP contribution in [0, 0.1) is 0 Å². The average molecular weight is 343 g/mol. The summed E-state index contributed by atoms with van der Waals surface area (Å²) in [5, 5.41) is 0. The molecule has 0 unspecified atom stereocenters. The minimum Gasteiger partial charge on any atom is -0.497 e. The van der Waals surface area contributed by atoms with Gasteiger partial charge in [-0.3, -0.25) is 9.80 Å². The number of hydrogen-bond acceptors (Lipinski definition) is 5. The lowest BCUT2D eigenvalue weighted by Crippen LogP contribution is -2.47. The number of aromatic amines is 1. The van der Waals surface area contributed by atoms with Crippen LogP contribution in [0.1, 0.15) is 18.7 Å². The molecule has 0 atom stereocenters. The van der Waals surface area contributed by atoms with E-state index in [9.17, 15) is 0 Å². The van der Waals surface area contributed by atoms with Gasteiger partial charge in [0.05, 0.1) is 24.7 Å². The second-order valence-corrected chi connectivity index (χ2v) is 7.23. The number of piperazine rings is 1. The fourth-order valence-corrected chi connectivity index (χ4v) is 3.92. The predicted molar refractivity (Wildman–Crippen MR) is 100 cm³/mol. The molecule has 2 fully saturated rings. The number of H-pyrrole nitrogens is 1. The average Bonchev–Trinajstić information content (AvgIpc) is 3.29. The number of likely N-dealkylation sites (tertiary alicyclic amines) is 1. The van der Waals surface area contributed by atoms with Crippen LogP contribution in [0.5, 0.6) is 5.75 Å². The first-order chi connectivity index (χ1) is 12.3. The van der Waals surface area contributed by atoms with Crippen LogP contribution in [0.4, 0.5) is 0 Å². The fraction of sp³-hybridized carbons (Fsp3) is 0.632. The molecule has 1 N–H and O–H groups in total. The Kier molecular flexibility index (Phi) is 5.20. The van der Waals surface area contributed by atoms with Gasteiger partial charge in [0.15, 0.2) is 0 Å². The number of hydrogen-bond donors (Lipinski definition) is 1. The highest BCUT2D eigenvalue weighted by atomic mass is 16.5. The summed E-state index contributed by atoms with van der Waals surface area (Å²) in [6.45, 7) is 10.6. The quantitative estimate of drug-likeness (QED) is 0.866. The predicted octanol–water partition coefficient (Wildman–Crippen LogP) is 1.78. The molecule has 1 aromatic heterocycles. The third kappa shape index (κ3) is 4.14. The van der Waals surface area contributed by atoms with E-state index < -0.39 is 0 Å². The summed E-state index contributed by atoms with van der Waals surface area (Å²) in [5.41, 5.74) is 2.07. The molecular formula is C19H29N5O. The van der Waals surface area contributed by atoms with Crippen molar-refractivity contribution in [1.29, 1.82) is 0 Å². The Labute approximate surface area is 149 Å². The first-order valence-corrected chi connectivity index (χ1v) is 9.50. The van der Waals surface area contributed by atoms with E-state index in [2.05, 4.69) is 19.7 Å². The van der Waals surface area contributed by atoms with Gasteiger partial charge < -0.3 is 14.6 Å². The zero-order valence-corrected chi connectivity index (χ0v) is 15.2. The van der Waals surface area contributed by atoms with Crippen molar-refractivity contribution in [3.05, 3.63) is 24.0 Å². The summed E-state index contributed by atoms with van der Waals surface area (Å²) in [4.78, 5) is 15.9. The monoisotopic (exact) mass is 343 g/mol. The summed E-state index contributed by atoms with van der Waals surface area (Å²) >= 11 is 0. The van der Waals surface area contributed by atoms with Gasteiger partial charge in [-0.1, -0.05) is 0 Å². The van der Waals surface area contributed by atoms with Gasteiger partial charge in [-0.2, -0.15) is 0 Å². The van der Waals surface area contributed by atoms with E-state index in [-0.39, 0.29) is 0 Å².